The highest BCUT2D eigenvalue weighted by Crippen LogP contribution is 2.27. The summed E-state index contributed by atoms with van der Waals surface area (Å²) in [7, 11) is -4.07. The van der Waals surface area contributed by atoms with Gasteiger partial charge in [0, 0.05) is 25.7 Å². The largest absolute Gasteiger partial charge is 0.368 e. The van der Waals surface area contributed by atoms with Gasteiger partial charge in [0.1, 0.15) is 16.5 Å². The van der Waals surface area contributed by atoms with Crippen LogP contribution >= 0.6 is 0 Å². The van der Waals surface area contributed by atoms with E-state index in [0.29, 0.717) is 6.07 Å². The first kappa shape index (κ1) is 16.3. The van der Waals surface area contributed by atoms with E-state index in [1.807, 2.05) is 0 Å². The van der Waals surface area contributed by atoms with E-state index in [1.165, 1.54) is 0 Å². The molecule has 0 aromatic heterocycles. The molecular weight excluding hydrogens is 302 g/mol. The molecule has 5 nitrogen and oxygen atoms in total. The van der Waals surface area contributed by atoms with Crippen LogP contribution in [0.4, 0.5) is 8.78 Å². The fourth-order valence-electron chi connectivity index (χ4n) is 2.37. The summed E-state index contributed by atoms with van der Waals surface area (Å²) in [6.07, 6.45) is -0.466. The summed E-state index contributed by atoms with van der Waals surface area (Å²) in [5.74, 6) is -1.93. The van der Waals surface area contributed by atoms with Crippen molar-refractivity contribution in [3.05, 3.63) is 29.8 Å². The number of benzene rings is 1. The van der Waals surface area contributed by atoms with Gasteiger partial charge in [-0.15, -0.1) is 0 Å². The van der Waals surface area contributed by atoms with E-state index in [0.717, 1.165) is 16.4 Å². The van der Waals surface area contributed by atoms with Gasteiger partial charge in [-0.1, -0.05) is 0 Å². The first-order valence-electron chi connectivity index (χ1n) is 6.49. The van der Waals surface area contributed by atoms with Gasteiger partial charge in [-0.2, -0.15) is 4.31 Å². The van der Waals surface area contributed by atoms with E-state index < -0.39 is 38.3 Å². The van der Waals surface area contributed by atoms with Crippen molar-refractivity contribution in [2.24, 2.45) is 5.73 Å². The lowest BCUT2D eigenvalue weighted by Crippen LogP contribution is -2.56. The SMILES string of the molecule is CC1(C)CN(S(=O)(=O)c2ccc(F)cc2F)CC(CN)O1. The summed E-state index contributed by atoms with van der Waals surface area (Å²) >= 11 is 0. The molecule has 1 aromatic rings. The first-order chi connectivity index (χ1) is 9.65. The third-order valence-electron chi connectivity index (χ3n) is 3.22. The fraction of sp³-hybridized carbons (Fsp3) is 0.538. The van der Waals surface area contributed by atoms with Crippen LogP contribution in [0.25, 0.3) is 0 Å². The molecule has 1 aromatic carbocycles. The van der Waals surface area contributed by atoms with Crippen molar-refractivity contribution in [2.45, 2.75) is 30.4 Å². The van der Waals surface area contributed by atoms with E-state index in [-0.39, 0.29) is 19.6 Å². The van der Waals surface area contributed by atoms with Crippen molar-refractivity contribution in [2.75, 3.05) is 19.6 Å². The Morgan fingerprint density at radius 3 is 2.67 bits per heavy atom. The van der Waals surface area contributed by atoms with Crippen molar-refractivity contribution >= 4 is 10.0 Å². The molecule has 1 aliphatic rings. The van der Waals surface area contributed by atoms with Gasteiger partial charge in [0.05, 0.1) is 11.7 Å². The highest BCUT2D eigenvalue weighted by Gasteiger charge is 2.39. The van der Waals surface area contributed by atoms with Crippen LogP contribution in [0, 0.1) is 11.6 Å². The molecule has 1 saturated heterocycles. The van der Waals surface area contributed by atoms with Crippen LogP contribution in [0.5, 0.6) is 0 Å². The van der Waals surface area contributed by atoms with E-state index in [1.54, 1.807) is 13.8 Å². The van der Waals surface area contributed by atoms with Gasteiger partial charge in [0.25, 0.3) is 0 Å². The Hall–Kier alpha value is -1.09. The van der Waals surface area contributed by atoms with Gasteiger partial charge in [0.2, 0.25) is 10.0 Å². The number of nitrogens with two attached hydrogens (primary N) is 1. The van der Waals surface area contributed by atoms with Gasteiger partial charge in [-0.25, -0.2) is 17.2 Å². The van der Waals surface area contributed by atoms with Crippen LogP contribution in [-0.2, 0) is 14.8 Å². The van der Waals surface area contributed by atoms with Crippen molar-refractivity contribution in [3.63, 3.8) is 0 Å². The zero-order chi connectivity index (χ0) is 15.8. The van der Waals surface area contributed by atoms with E-state index in [9.17, 15) is 17.2 Å². The predicted molar refractivity (Wildman–Crippen MR) is 73.1 cm³/mol. The van der Waals surface area contributed by atoms with Crippen LogP contribution in [0.3, 0.4) is 0 Å². The fourth-order valence-corrected chi connectivity index (χ4v) is 4.04. The highest BCUT2D eigenvalue weighted by molar-refractivity contribution is 7.89. The van der Waals surface area contributed by atoms with E-state index in [4.69, 9.17) is 10.5 Å². The number of morpholine rings is 1. The summed E-state index contributed by atoms with van der Waals surface area (Å²) in [5.41, 5.74) is 4.82. The number of nitrogens with zero attached hydrogens (tertiary/aromatic N) is 1. The molecule has 2 rings (SSSR count). The maximum absolute atomic E-state index is 13.8. The molecule has 1 unspecified atom stereocenters. The average molecular weight is 320 g/mol. The minimum absolute atomic E-state index is 0.0408. The molecule has 0 bridgehead atoms. The zero-order valence-corrected chi connectivity index (χ0v) is 12.7. The van der Waals surface area contributed by atoms with Crippen LogP contribution in [-0.4, -0.2) is 44.1 Å². The molecule has 21 heavy (non-hydrogen) atoms. The Balaban J connectivity index is 2.38. The monoisotopic (exact) mass is 320 g/mol. The molecule has 118 valence electrons. The third-order valence-corrected chi connectivity index (χ3v) is 5.07. The quantitative estimate of drug-likeness (QED) is 0.905. The maximum Gasteiger partial charge on any atom is 0.246 e. The second kappa shape index (κ2) is 5.60. The Morgan fingerprint density at radius 2 is 2.10 bits per heavy atom. The van der Waals surface area contributed by atoms with Gasteiger partial charge < -0.3 is 10.5 Å². The summed E-state index contributed by atoms with van der Waals surface area (Å²) in [4.78, 5) is -0.544. The number of halogens is 2. The van der Waals surface area contributed by atoms with Crippen molar-refractivity contribution < 1.29 is 21.9 Å². The second-order valence-corrected chi connectivity index (χ2v) is 7.51. The van der Waals surface area contributed by atoms with Crippen molar-refractivity contribution in [1.29, 1.82) is 0 Å². The molecule has 8 heteroatoms. The molecular formula is C13H18F2N2O3S. The lowest BCUT2D eigenvalue weighted by molar-refractivity contribution is -0.112. The Kier molecular flexibility index (Phi) is 4.34. The zero-order valence-electron chi connectivity index (χ0n) is 11.8. The lowest BCUT2D eigenvalue weighted by Gasteiger charge is -2.41. The molecule has 0 radical (unpaired) electrons. The van der Waals surface area contributed by atoms with Crippen LogP contribution in [0.2, 0.25) is 0 Å². The molecule has 1 atom stereocenters. The average Bonchev–Trinajstić information content (AvgIpc) is 2.36. The highest BCUT2D eigenvalue weighted by atomic mass is 32.2. The van der Waals surface area contributed by atoms with Gasteiger partial charge in [-0.05, 0) is 26.0 Å². The Bertz CT molecular complexity index is 634. The van der Waals surface area contributed by atoms with Crippen LogP contribution in [0.15, 0.2) is 23.1 Å². The molecule has 2 N–H and O–H groups in total. The first-order valence-corrected chi connectivity index (χ1v) is 7.93. The number of sulfonamides is 1. The molecule has 0 spiro atoms. The van der Waals surface area contributed by atoms with Gasteiger partial charge >= 0.3 is 0 Å². The minimum atomic E-state index is -4.07. The lowest BCUT2D eigenvalue weighted by atomic mass is 10.1. The smallest absolute Gasteiger partial charge is 0.246 e. The topological polar surface area (TPSA) is 72.6 Å². The summed E-state index contributed by atoms with van der Waals surface area (Å²) in [5, 5.41) is 0. The summed E-state index contributed by atoms with van der Waals surface area (Å²) in [6, 6.07) is 2.40. The van der Waals surface area contributed by atoms with Crippen LogP contribution in [0.1, 0.15) is 13.8 Å². The third kappa shape index (κ3) is 3.39. The molecule has 0 saturated carbocycles. The molecule has 1 aliphatic heterocycles. The van der Waals surface area contributed by atoms with E-state index in [2.05, 4.69) is 0 Å². The minimum Gasteiger partial charge on any atom is -0.368 e. The van der Waals surface area contributed by atoms with Crippen LogP contribution < -0.4 is 5.73 Å². The summed E-state index contributed by atoms with van der Waals surface area (Å²) in [6.45, 7) is 3.74. The Labute approximate surface area is 122 Å². The van der Waals surface area contributed by atoms with Crippen molar-refractivity contribution in [1.82, 2.24) is 4.31 Å². The number of ether oxygens (including phenoxy) is 1. The normalized spacial score (nSPS) is 23.2. The molecule has 0 amide bonds. The molecule has 0 aliphatic carbocycles. The number of hydrogen-bond acceptors (Lipinski definition) is 4. The molecule has 1 heterocycles. The number of rotatable bonds is 3. The standard InChI is InChI=1S/C13H18F2N2O3S/c1-13(2)8-17(7-10(6-16)20-13)21(18,19)12-4-3-9(14)5-11(12)15/h3-5,10H,6-8,16H2,1-2H3. The predicted octanol–water partition coefficient (Wildman–Crippen LogP) is 1.09. The van der Waals surface area contributed by atoms with Gasteiger partial charge in [-0.3, -0.25) is 0 Å². The van der Waals surface area contributed by atoms with E-state index >= 15 is 0 Å². The maximum atomic E-state index is 13.8. The summed E-state index contributed by atoms with van der Waals surface area (Å²) < 4.78 is 58.6. The second-order valence-electron chi connectivity index (χ2n) is 5.61. The Morgan fingerprint density at radius 1 is 1.43 bits per heavy atom. The molecule has 1 fully saturated rings. The van der Waals surface area contributed by atoms with Crippen molar-refractivity contribution in [3.8, 4) is 0 Å². The number of hydrogen-bond donors (Lipinski definition) is 1. The van der Waals surface area contributed by atoms with Gasteiger partial charge in [0.15, 0.2) is 0 Å².